The third kappa shape index (κ3) is 1.89. The summed E-state index contributed by atoms with van der Waals surface area (Å²) < 4.78 is 5.54. The van der Waals surface area contributed by atoms with E-state index in [0.717, 1.165) is 48.1 Å². The molecular weight excluding hydrogens is 214 g/mol. The van der Waals surface area contributed by atoms with Crippen LogP contribution in [0.1, 0.15) is 29.7 Å². The number of nitrogens with zero attached hydrogens (tertiary/aromatic N) is 1. The van der Waals surface area contributed by atoms with Gasteiger partial charge in [0.05, 0.1) is 11.9 Å². The van der Waals surface area contributed by atoms with Crippen molar-refractivity contribution in [3.63, 3.8) is 0 Å². The van der Waals surface area contributed by atoms with Gasteiger partial charge in [-0.15, -0.1) is 0 Å². The molecule has 0 aliphatic carbocycles. The van der Waals surface area contributed by atoms with Gasteiger partial charge < -0.3 is 14.7 Å². The molecule has 0 saturated carbocycles. The van der Waals surface area contributed by atoms with Gasteiger partial charge in [0, 0.05) is 18.0 Å². The highest BCUT2D eigenvalue weighted by Crippen LogP contribution is 2.27. The Balaban J connectivity index is 1.91. The average Bonchev–Trinajstić information content (AvgIpc) is 2.97. The summed E-state index contributed by atoms with van der Waals surface area (Å²) in [5.74, 6) is 3.50. The molecule has 90 valence electrons. The summed E-state index contributed by atoms with van der Waals surface area (Å²) in [5, 5.41) is 3.36. The molecule has 0 bridgehead atoms. The molecule has 2 aromatic heterocycles. The molecule has 0 aromatic carbocycles. The molecule has 4 nitrogen and oxygen atoms in total. The van der Waals surface area contributed by atoms with Crippen molar-refractivity contribution in [2.24, 2.45) is 0 Å². The van der Waals surface area contributed by atoms with Gasteiger partial charge in [-0.3, -0.25) is 0 Å². The predicted octanol–water partition coefficient (Wildman–Crippen LogP) is 2.36. The number of H-pyrrole nitrogens is 1. The Morgan fingerprint density at radius 1 is 1.41 bits per heavy atom. The van der Waals surface area contributed by atoms with Crippen molar-refractivity contribution in [2.45, 2.75) is 26.2 Å². The van der Waals surface area contributed by atoms with Gasteiger partial charge >= 0.3 is 0 Å². The number of furan rings is 1. The SMILES string of the molecule is Cc1cc(-c2cnc(C3CCNC3)[nH]2)c(C)o1. The minimum Gasteiger partial charge on any atom is -0.466 e. The van der Waals surface area contributed by atoms with Crippen LogP contribution in [0.4, 0.5) is 0 Å². The van der Waals surface area contributed by atoms with Crippen LogP contribution in [0, 0.1) is 13.8 Å². The Hall–Kier alpha value is -1.55. The number of aromatic amines is 1. The van der Waals surface area contributed by atoms with E-state index in [9.17, 15) is 0 Å². The fraction of sp³-hybridized carbons (Fsp3) is 0.462. The van der Waals surface area contributed by atoms with Gasteiger partial charge in [-0.25, -0.2) is 4.98 Å². The average molecular weight is 231 g/mol. The summed E-state index contributed by atoms with van der Waals surface area (Å²) in [5.41, 5.74) is 2.17. The fourth-order valence-corrected chi connectivity index (χ4v) is 2.47. The number of aryl methyl sites for hydroxylation is 2. The highest BCUT2D eigenvalue weighted by Gasteiger charge is 2.20. The molecule has 2 aromatic rings. The van der Waals surface area contributed by atoms with Gasteiger partial charge in [0.1, 0.15) is 17.3 Å². The molecular formula is C13H17N3O. The minimum absolute atomic E-state index is 0.525. The lowest BCUT2D eigenvalue weighted by Gasteiger charge is -2.02. The lowest BCUT2D eigenvalue weighted by Crippen LogP contribution is -2.08. The maximum Gasteiger partial charge on any atom is 0.110 e. The third-order valence-corrected chi connectivity index (χ3v) is 3.37. The summed E-state index contributed by atoms with van der Waals surface area (Å²) >= 11 is 0. The van der Waals surface area contributed by atoms with Crippen LogP contribution in [0.3, 0.4) is 0 Å². The lowest BCUT2D eigenvalue weighted by molar-refractivity contribution is 0.505. The molecule has 1 saturated heterocycles. The first-order valence-corrected chi connectivity index (χ1v) is 6.07. The Labute approximate surface area is 100 Å². The van der Waals surface area contributed by atoms with Crippen molar-refractivity contribution in [1.29, 1.82) is 0 Å². The van der Waals surface area contributed by atoms with Gasteiger partial charge in [-0.1, -0.05) is 0 Å². The monoisotopic (exact) mass is 231 g/mol. The molecule has 1 aliphatic rings. The standard InChI is InChI=1S/C13H17N3O/c1-8-5-11(9(2)17-8)12-7-15-13(16-12)10-3-4-14-6-10/h5,7,10,14H,3-4,6H2,1-2H3,(H,15,16). The van der Waals surface area contributed by atoms with E-state index < -0.39 is 0 Å². The second-order valence-corrected chi connectivity index (χ2v) is 4.70. The second-order valence-electron chi connectivity index (χ2n) is 4.70. The van der Waals surface area contributed by atoms with Crippen LogP contribution in [0.5, 0.6) is 0 Å². The van der Waals surface area contributed by atoms with E-state index in [4.69, 9.17) is 4.42 Å². The number of rotatable bonds is 2. The molecule has 1 aliphatic heterocycles. The molecule has 2 N–H and O–H groups in total. The molecule has 3 rings (SSSR count). The van der Waals surface area contributed by atoms with Gasteiger partial charge in [-0.05, 0) is 32.9 Å². The van der Waals surface area contributed by atoms with E-state index in [1.165, 1.54) is 0 Å². The van der Waals surface area contributed by atoms with Crippen molar-refractivity contribution in [1.82, 2.24) is 15.3 Å². The largest absolute Gasteiger partial charge is 0.466 e. The van der Waals surface area contributed by atoms with Gasteiger partial charge in [-0.2, -0.15) is 0 Å². The van der Waals surface area contributed by atoms with Crippen LogP contribution in [-0.4, -0.2) is 23.1 Å². The molecule has 0 amide bonds. The maximum atomic E-state index is 5.54. The van der Waals surface area contributed by atoms with Crippen molar-refractivity contribution < 1.29 is 4.42 Å². The lowest BCUT2D eigenvalue weighted by atomic mass is 10.1. The van der Waals surface area contributed by atoms with Crippen LogP contribution in [0.2, 0.25) is 0 Å². The molecule has 1 unspecified atom stereocenters. The van der Waals surface area contributed by atoms with Crippen molar-refractivity contribution >= 4 is 0 Å². The predicted molar refractivity (Wildman–Crippen MR) is 66.0 cm³/mol. The Kier molecular flexibility index (Phi) is 2.52. The Morgan fingerprint density at radius 2 is 2.29 bits per heavy atom. The molecule has 4 heteroatoms. The van der Waals surface area contributed by atoms with Gasteiger partial charge in [0.15, 0.2) is 0 Å². The van der Waals surface area contributed by atoms with E-state index in [-0.39, 0.29) is 0 Å². The van der Waals surface area contributed by atoms with E-state index >= 15 is 0 Å². The van der Waals surface area contributed by atoms with Crippen LogP contribution in [0.15, 0.2) is 16.7 Å². The third-order valence-electron chi connectivity index (χ3n) is 3.37. The number of aromatic nitrogens is 2. The summed E-state index contributed by atoms with van der Waals surface area (Å²) in [4.78, 5) is 7.90. The van der Waals surface area contributed by atoms with Crippen LogP contribution < -0.4 is 5.32 Å². The number of hydrogen-bond donors (Lipinski definition) is 2. The summed E-state index contributed by atoms with van der Waals surface area (Å²) in [7, 11) is 0. The Bertz CT molecular complexity index is 521. The normalized spacial score (nSPS) is 20.0. The molecule has 0 radical (unpaired) electrons. The summed E-state index contributed by atoms with van der Waals surface area (Å²) in [6, 6.07) is 2.06. The van der Waals surface area contributed by atoms with Crippen molar-refractivity contribution in [2.75, 3.05) is 13.1 Å². The highest BCUT2D eigenvalue weighted by molar-refractivity contribution is 5.61. The summed E-state index contributed by atoms with van der Waals surface area (Å²) in [6.45, 7) is 6.07. The minimum atomic E-state index is 0.525. The quantitative estimate of drug-likeness (QED) is 0.834. The first kappa shape index (κ1) is 10.6. The van der Waals surface area contributed by atoms with Crippen molar-refractivity contribution in [3.05, 3.63) is 29.6 Å². The second kappa shape index (κ2) is 4.04. The van der Waals surface area contributed by atoms with Crippen LogP contribution in [-0.2, 0) is 0 Å². The van der Waals surface area contributed by atoms with E-state index in [2.05, 4.69) is 21.4 Å². The zero-order chi connectivity index (χ0) is 11.8. The Morgan fingerprint density at radius 3 is 2.94 bits per heavy atom. The zero-order valence-electron chi connectivity index (χ0n) is 10.2. The van der Waals surface area contributed by atoms with E-state index in [0.29, 0.717) is 5.92 Å². The maximum absolute atomic E-state index is 5.54. The molecule has 17 heavy (non-hydrogen) atoms. The fourth-order valence-electron chi connectivity index (χ4n) is 2.47. The van der Waals surface area contributed by atoms with E-state index in [1.807, 2.05) is 20.0 Å². The molecule has 1 atom stereocenters. The van der Waals surface area contributed by atoms with Gasteiger partial charge in [0.25, 0.3) is 0 Å². The topological polar surface area (TPSA) is 53.9 Å². The first-order chi connectivity index (χ1) is 8.24. The van der Waals surface area contributed by atoms with Crippen LogP contribution in [0.25, 0.3) is 11.3 Å². The van der Waals surface area contributed by atoms with Gasteiger partial charge in [0.2, 0.25) is 0 Å². The number of imidazole rings is 1. The molecule has 1 fully saturated rings. The number of nitrogens with one attached hydrogen (secondary N) is 2. The summed E-state index contributed by atoms with van der Waals surface area (Å²) in [6.07, 6.45) is 3.07. The highest BCUT2D eigenvalue weighted by atomic mass is 16.3. The van der Waals surface area contributed by atoms with E-state index in [1.54, 1.807) is 0 Å². The van der Waals surface area contributed by atoms with Crippen molar-refractivity contribution in [3.8, 4) is 11.3 Å². The van der Waals surface area contributed by atoms with Crippen LogP contribution >= 0.6 is 0 Å². The number of hydrogen-bond acceptors (Lipinski definition) is 3. The smallest absolute Gasteiger partial charge is 0.110 e. The zero-order valence-corrected chi connectivity index (χ0v) is 10.2. The molecule has 3 heterocycles. The molecule has 0 spiro atoms. The first-order valence-electron chi connectivity index (χ1n) is 6.07.